The summed E-state index contributed by atoms with van der Waals surface area (Å²) in [4.78, 5) is 14.4. The Morgan fingerprint density at radius 2 is 2.13 bits per heavy atom. The first-order chi connectivity index (χ1) is 11.2. The molecule has 23 heavy (non-hydrogen) atoms. The van der Waals surface area contributed by atoms with E-state index in [0.29, 0.717) is 13.0 Å². The van der Waals surface area contributed by atoms with Crippen molar-refractivity contribution in [3.63, 3.8) is 0 Å². The van der Waals surface area contributed by atoms with E-state index in [2.05, 4.69) is 30.3 Å². The van der Waals surface area contributed by atoms with Gasteiger partial charge >= 0.3 is 0 Å². The van der Waals surface area contributed by atoms with E-state index in [4.69, 9.17) is 0 Å². The van der Waals surface area contributed by atoms with Gasteiger partial charge in [0.05, 0.1) is 6.04 Å². The van der Waals surface area contributed by atoms with Gasteiger partial charge < -0.3 is 10.2 Å². The molecule has 3 rings (SSSR count). The van der Waals surface area contributed by atoms with Crippen molar-refractivity contribution >= 4 is 11.6 Å². The Labute approximate surface area is 137 Å². The lowest BCUT2D eigenvalue weighted by atomic mass is 10.1. The Bertz CT molecular complexity index is 653. The monoisotopic (exact) mass is 312 g/mol. The fourth-order valence-corrected chi connectivity index (χ4v) is 3.06. The summed E-state index contributed by atoms with van der Waals surface area (Å²) in [5.74, 6) is 0.196. The minimum absolute atomic E-state index is 0.196. The largest absolute Gasteiger partial charge is 0.312 e. The van der Waals surface area contributed by atoms with E-state index < -0.39 is 0 Å². The number of anilines is 1. The van der Waals surface area contributed by atoms with Gasteiger partial charge in [-0.3, -0.25) is 9.48 Å². The number of fused-ring (bicyclic) bond motifs is 1. The normalized spacial score (nSPS) is 16.2. The third-order valence-corrected chi connectivity index (χ3v) is 4.66. The molecule has 0 radical (unpaired) electrons. The Morgan fingerprint density at radius 3 is 2.91 bits per heavy atom. The summed E-state index contributed by atoms with van der Waals surface area (Å²) in [7, 11) is 0. The number of nitrogens with one attached hydrogen (secondary N) is 1. The van der Waals surface area contributed by atoms with Crippen LogP contribution in [0.15, 0.2) is 42.7 Å². The molecule has 0 saturated heterocycles. The Morgan fingerprint density at radius 1 is 1.30 bits per heavy atom. The first-order valence-electron chi connectivity index (χ1n) is 8.27. The highest BCUT2D eigenvalue weighted by Gasteiger charge is 2.23. The Hall–Kier alpha value is -2.14. The van der Waals surface area contributed by atoms with Crippen LogP contribution in [0.3, 0.4) is 0 Å². The molecule has 0 fully saturated rings. The summed E-state index contributed by atoms with van der Waals surface area (Å²) in [6.45, 7) is 5.74. The van der Waals surface area contributed by atoms with Gasteiger partial charge in [0.1, 0.15) is 0 Å². The molecule has 5 heteroatoms. The van der Waals surface area contributed by atoms with Crippen LogP contribution in [0.2, 0.25) is 0 Å². The number of rotatable bonds is 6. The van der Waals surface area contributed by atoms with Crippen molar-refractivity contribution in [2.75, 3.05) is 18.0 Å². The van der Waals surface area contributed by atoms with Crippen LogP contribution in [0.5, 0.6) is 0 Å². The highest BCUT2D eigenvalue weighted by atomic mass is 16.2. The lowest BCUT2D eigenvalue weighted by Crippen LogP contribution is -2.37. The minimum atomic E-state index is 0.196. The number of benzene rings is 1. The molecule has 1 aromatic carbocycles. The number of carbonyl (C=O) groups excluding carboxylic acids is 1. The third-order valence-electron chi connectivity index (χ3n) is 4.66. The van der Waals surface area contributed by atoms with Gasteiger partial charge in [-0.1, -0.05) is 18.2 Å². The van der Waals surface area contributed by atoms with Crippen LogP contribution < -0.4 is 10.2 Å². The van der Waals surface area contributed by atoms with Crippen LogP contribution in [-0.4, -0.2) is 34.8 Å². The van der Waals surface area contributed by atoms with Crippen molar-refractivity contribution in [3.8, 4) is 0 Å². The molecule has 0 unspecified atom stereocenters. The number of aromatic nitrogens is 2. The van der Waals surface area contributed by atoms with E-state index in [-0.39, 0.29) is 18.0 Å². The smallest absolute Gasteiger partial charge is 0.228 e. The average Bonchev–Trinajstić information content (AvgIpc) is 3.23. The summed E-state index contributed by atoms with van der Waals surface area (Å²) < 4.78 is 1.94. The van der Waals surface area contributed by atoms with E-state index in [1.54, 1.807) is 6.20 Å². The minimum Gasteiger partial charge on any atom is -0.312 e. The summed E-state index contributed by atoms with van der Waals surface area (Å²) in [5, 5.41) is 7.71. The quantitative estimate of drug-likeness (QED) is 0.891. The second-order valence-corrected chi connectivity index (χ2v) is 6.14. The maximum absolute atomic E-state index is 12.5. The van der Waals surface area contributed by atoms with Crippen molar-refractivity contribution in [3.05, 3.63) is 48.3 Å². The molecule has 2 atom stereocenters. The predicted octanol–water partition coefficient (Wildman–Crippen LogP) is 2.40. The molecule has 0 aliphatic carbocycles. The van der Waals surface area contributed by atoms with Crippen LogP contribution in [-0.2, 0) is 11.2 Å². The molecular weight excluding hydrogens is 288 g/mol. The van der Waals surface area contributed by atoms with E-state index in [1.165, 1.54) is 5.56 Å². The second kappa shape index (κ2) is 6.96. The molecule has 0 bridgehead atoms. The molecular formula is C18H24N4O. The summed E-state index contributed by atoms with van der Waals surface area (Å²) in [6.07, 6.45) is 5.24. The lowest BCUT2D eigenvalue weighted by molar-refractivity contribution is -0.118. The van der Waals surface area contributed by atoms with Gasteiger partial charge in [0.2, 0.25) is 5.91 Å². The van der Waals surface area contributed by atoms with Crippen LogP contribution in [0.25, 0.3) is 0 Å². The first kappa shape index (κ1) is 15.7. The van der Waals surface area contributed by atoms with E-state index >= 15 is 0 Å². The summed E-state index contributed by atoms with van der Waals surface area (Å²) in [6, 6.07) is 10.6. The molecule has 1 aliphatic heterocycles. The van der Waals surface area contributed by atoms with Gasteiger partial charge in [0.25, 0.3) is 0 Å². The van der Waals surface area contributed by atoms with E-state index in [9.17, 15) is 4.79 Å². The van der Waals surface area contributed by atoms with Gasteiger partial charge in [-0.25, -0.2) is 0 Å². The number of hydrogen-bond donors (Lipinski definition) is 1. The highest BCUT2D eigenvalue weighted by Crippen LogP contribution is 2.27. The molecule has 2 aromatic rings. The molecule has 1 aliphatic rings. The van der Waals surface area contributed by atoms with Crippen molar-refractivity contribution in [1.82, 2.24) is 15.1 Å². The molecule has 0 saturated carbocycles. The number of para-hydroxylation sites is 1. The zero-order chi connectivity index (χ0) is 16.2. The average molecular weight is 312 g/mol. The van der Waals surface area contributed by atoms with Gasteiger partial charge in [-0.15, -0.1) is 0 Å². The van der Waals surface area contributed by atoms with Gasteiger partial charge in [0, 0.05) is 43.6 Å². The maximum Gasteiger partial charge on any atom is 0.228 e. The second-order valence-electron chi connectivity index (χ2n) is 6.14. The number of hydrogen-bond acceptors (Lipinski definition) is 3. The lowest BCUT2D eigenvalue weighted by Gasteiger charge is -2.23. The topological polar surface area (TPSA) is 50.2 Å². The van der Waals surface area contributed by atoms with Gasteiger partial charge in [-0.05, 0) is 38.0 Å². The van der Waals surface area contributed by atoms with Crippen LogP contribution >= 0.6 is 0 Å². The predicted molar refractivity (Wildman–Crippen MR) is 91.5 cm³/mol. The number of nitrogens with zero attached hydrogens (tertiary/aromatic N) is 3. The fourth-order valence-electron chi connectivity index (χ4n) is 3.06. The standard InChI is InChI=1S/C18H24N4O/c1-14(15(2)22-12-5-10-20-22)19-11-8-18(23)21-13-9-16-6-3-4-7-17(16)21/h3-7,10,12,14-15,19H,8-9,11,13H2,1-2H3/t14-,15-/m1/s1. The van der Waals surface area contributed by atoms with Crippen LogP contribution in [0.1, 0.15) is 31.9 Å². The summed E-state index contributed by atoms with van der Waals surface area (Å²) >= 11 is 0. The first-order valence-corrected chi connectivity index (χ1v) is 8.27. The van der Waals surface area contributed by atoms with Crippen LogP contribution in [0.4, 0.5) is 5.69 Å². The van der Waals surface area contributed by atoms with Crippen molar-refractivity contribution in [2.24, 2.45) is 0 Å². The highest BCUT2D eigenvalue weighted by molar-refractivity contribution is 5.95. The van der Waals surface area contributed by atoms with Gasteiger partial charge in [-0.2, -0.15) is 5.10 Å². The van der Waals surface area contributed by atoms with Gasteiger partial charge in [0.15, 0.2) is 0 Å². The molecule has 1 N–H and O–H groups in total. The zero-order valence-electron chi connectivity index (χ0n) is 13.8. The van der Waals surface area contributed by atoms with Crippen molar-refractivity contribution < 1.29 is 4.79 Å². The number of amides is 1. The summed E-state index contributed by atoms with van der Waals surface area (Å²) in [5.41, 5.74) is 2.35. The Balaban J connectivity index is 1.49. The van der Waals surface area contributed by atoms with E-state index in [0.717, 1.165) is 18.7 Å². The third kappa shape index (κ3) is 3.45. The van der Waals surface area contributed by atoms with Crippen molar-refractivity contribution in [1.29, 1.82) is 0 Å². The zero-order valence-corrected chi connectivity index (χ0v) is 13.8. The molecule has 122 valence electrons. The SMILES string of the molecule is C[C@H]([C@@H](C)NCCC(=O)N1CCc2ccccc21)n1cccn1. The molecule has 2 heterocycles. The molecule has 1 amide bonds. The maximum atomic E-state index is 12.5. The fraction of sp³-hybridized carbons (Fsp3) is 0.444. The van der Waals surface area contributed by atoms with Crippen molar-refractivity contribution in [2.45, 2.75) is 38.8 Å². The molecule has 1 aromatic heterocycles. The molecule has 0 spiro atoms. The molecule has 5 nitrogen and oxygen atoms in total. The Kier molecular flexibility index (Phi) is 4.76. The number of carbonyl (C=O) groups is 1. The van der Waals surface area contributed by atoms with Crippen LogP contribution in [0, 0.1) is 0 Å². The van der Waals surface area contributed by atoms with E-state index in [1.807, 2.05) is 40.0 Å².